The molecule has 1 fully saturated rings. The molecule has 2 aromatic rings. The summed E-state index contributed by atoms with van der Waals surface area (Å²) in [5, 5.41) is 11.0. The van der Waals surface area contributed by atoms with Crippen LogP contribution in [0.4, 0.5) is 11.5 Å². The van der Waals surface area contributed by atoms with Gasteiger partial charge < -0.3 is 15.0 Å². The van der Waals surface area contributed by atoms with E-state index in [4.69, 9.17) is 11.6 Å². The molecule has 3 rings (SSSR count). The Morgan fingerprint density at radius 3 is 2.56 bits per heavy atom. The molecule has 1 aromatic carbocycles. The van der Waals surface area contributed by atoms with Crippen molar-refractivity contribution in [3.05, 3.63) is 46.6 Å². The number of rotatable bonds is 4. The van der Waals surface area contributed by atoms with E-state index in [1.54, 1.807) is 12.1 Å². The Bertz CT molecular complexity index is 789. The topological polar surface area (TPSA) is 84.4 Å². The van der Waals surface area contributed by atoms with Crippen molar-refractivity contribution in [3.8, 4) is 0 Å². The molecule has 25 heavy (non-hydrogen) atoms. The maximum absolute atomic E-state index is 12.3. The van der Waals surface area contributed by atoms with Gasteiger partial charge in [-0.3, -0.25) is 4.79 Å². The molecule has 0 unspecified atom stereocenters. The van der Waals surface area contributed by atoms with Gasteiger partial charge in [0.2, 0.25) is 0 Å². The van der Waals surface area contributed by atoms with Gasteiger partial charge in [0.15, 0.2) is 11.5 Å². The SMILES string of the molecule is COC(=O)c1ccc(Cl)c(NC(=O)c2ccc(N3CCCC3)nn2)c1. The fourth-order valence-electron chi connectivity index (χ4n) is 2.61. The van der Waals surface area contributed by atoms with E-state index in [-0.39, 0.29) is 11.3 Å². The zero-order valence-corrected chi connectivity index (χ0v) is 14.4. The molecule has 2 heterocycles. The predicted molar refractivity (Wildman–Crippen MR) is 94.2 cm³/mol. The first-order valence-corrected chi connectivity index (χ1v) is 8.24. The van der Waals surface area contributed by atoms with Crippen molar-refractivity contribution in [3.63, 3.8) is 0 Å². The third kappa shape index (κ3) is 3.88. The quantitative estimate of drug-likeness (QED) is 0.844. The van der Waals surface area contributed by atoms with Crippen molar-refractivity contribution in [2.75, 3.05) is 30.4 Å². The van der Waals surface area contributed by atoms with Crippen LogP contribution in [0.3, 0.4) is 0 Å². The highest BCUT2D eigenvalue weighted by Crippen LogP contribution is 2.24. The van der Waals surface area contributed by atoms with Crippen molar-refractivity contribution >= 4 is 35.0 Å². The summed E-state index contributed by atoms with van der Waals surface area (Å²) in [6.45, 7) is 1.91. The van der Waals surface area contributed by atoms with Crippen LogP contribution in [-0.2, 0) is 4.74 Å². The summed E-state index contributed by atoms with van der Waals surface area (Å²) < 4.78 is 4.66. The molecule has 0 radical (unpaired) electrons. The number of anilines is 2. The second kappa shape index (κ2) is 7.48. The lowest BCUT2D eigenvalue weighted by Gasteiger charge is -2.15. The monoisotopic (exact) mass is 360 g/mol. The summed E-state index contributed by atoms with van der Waals surface area (Å²) in [6, 6.07) is 7.89. The highest BCUT2D eigenvalue weighted by atomic mass is 35.5. The van der Waals surface area contributed by atoms with E-state index in [0.717, 1.165) is 31.7 Å². The first-order valence-electron chi connectivity index (χ1n) is 7.86. The molecule has 0 bridgehead atoms. The number of nitrogens with one attached hydrogen (secondary N) is 1. The van der Waals surface area contributed by atoms with E-state index in [1.807, 2.05) is 0 Å². The molecule has 7 nitrogen and oxygen atoms in total. The molecule has 0 aliphatic carbocycles. The minimum atomic E-state index is -0.512. The summed E-state index contributed by atoms with van der Waals surface area (Å²) in [7, 11) is 1.28. The number of ether oxygens (including phenoxy) is 1. The number of methoxy groups -OCH3 is 1. The van der Waals surface area contributed by atoms with Crippen LogP contribution in [0.1, 0.15) is 33.7 Å². The number of hydrogen-bond donors (Lipinski definition) is 1. The second-order valence-electron chi connectivity index (χ2n) is 5.61. The molecule has 1 amide bonds. The second-order valence-corrected chi connectivity index (χ2v) is 6.02. The van der Waals surface area contributed by atoms with Gasteiger partial charge in [0.1, 0.15) is 0 Å². The van der Waals surface area contributed by atoms with E-state index in [2.05, 4.69) is 25.2 Å². The van der Waals surface area contributed by atoms with Gasteiger partial charge in [0.05, 0.1) is 23.4 Å². The number of nitrogens with zero attached hydrogens (tertiary/aromatic N) is 3. The smallest absolute Gasteiger partial charge is 0.337 e. The van der Waals surface area contributed by atoms with Crippen LogP contribution in [0.5, 0.6) is 0 Å². The van der Waals surface area contributed by atoms with Gasteiger partial charge in [-0.15, -0.1) is 10.2 Å². The van der Waals surface area contributed by atoms with E-state index >= 15 is 0 Å². The van der Waals surface area contributed by atoms with Crippen molar-refractivity contribution < 1.29 is 14.3 Å². The van der Waals surface area contributed by atoms with Gasteiger partial charge in [-0.2, -0.15) is 0 Å². The molecule has 1 saturated heterocycles. The van der Waals surface area contributed by atoms with Crippen LogP contribution in [-0.4, -0.2) is 42.3 Å². The van der Waals surface area contributed by atoms with Crippen molar-refractivity contribution in [2.24, 2.45) is 0 Å². The van der Waals surface area contributed by atoms with Gasteiger partial charge >= 0.3 is 5.97 Å². The Morgan fingerprint density at radius 2 is 1.92 bits per heavy atom. The number of carbonyl (C=O) groups is 2. The number of carbonyl (C=O) groups excluding carboxylic acids is 2. The number of hydrogen-bond acceptors (Lipinski definition) is 6. The van der Waals surface area contributed by atoms with Crippen LogP contribution in [0.15, 0.2) is 30.3 Å². The molecular formula is C17H17ClN4O3. The Hall–Kier alpha value is -2.67. The molecule has 1 aliphatic heterocycles. The van der Waals surface area contributed by atoms with Gasteiger partial charge in [0.25, 0.3) is 5.91 Å². The van der Waals surface area contributed by atoms with Gasteiger partial charge in [-0.05, 0) is 43.2 Å². The summed E-state index contributed by atoms with van der Waals surface area (Å²) in [4.78, 5) is 26.1. The summed E-state index contributed by atoms with van der Waals surface area (Å²) in [5.74, 6) is -0.203. The standard InChI is InChI=1S/C17H17ClN4O3/c1-25-17(24)11-4-5-12(18)14(10-11)19-16(23)13-6-7-15(21-20-13)22-8-2-3-9-22/h4-7,10H,2-3,8-9H2,1H3,(H,19,23). The Kier molecular flexibility index (Phi) is 5.14. The molecule has 0 saturated carbocycles. The first kappa shape index (κ1) is 17.2. The predicted octanol–water partition coefficient (Wildman–Crippen LogP) is 2.77. The van der Waals surface area contributed by atoms with Crippen molar-refractivity contribution in [1.82, 2.24) is 10.2 Å². The molecule has 130 valence electrons. The molecule has 1 aliphatic rings. The van der Waals surface area contributed by atoms with E-state index in [0.29, 0.717) is 10.7 Å². The Labute approximate surface area is 149 Å². The number of aromatic nitrogens is 2. The summed E-state index contributed by atoms with van der Waals surface area (Å²) >= 11 is 6.08. The highest BCUT2D eigenvalue weighted by molar-refractivity contribution is 6.34. The Balaban J connectivity index is 1.74. The molecule has 0 atom stereocenters. The minimum absolute atomic E-state index is 0.169. The number of amides is 1. The maximum Gasteiger partial charge on any atom is 0.337 e. The van der Waals surface area contributed by atoms with Crippen LogP contribution < -0.4 is 10.2 Å². The zero-order valence-electron chi connectivity index (χ0n) is 13.7. The van der Waals surface area contributed by atoms with Gasteiger partial charge in [0, 0.05) is 13.1 Å². The lowest BCUT2D eigenvalue weighted by atomic mass is 10.2. The van der Waals surface area contributed by atoms with E-state index in [9.17, 15) is 9.59 Å². The number of benzene rings is 1. The van der Waals surface area contributed by atoms with Crippen molar-refractivity contribution in [2.45, 2.75) is 12.8 Å². The van der Waals surface area contributed by atoms with Crippen molar-refractivity contribution in [1.29, 1.82) is 0 Å². The third-order valence-corrected chi connectivity index (χ3v) is 4.28. The normalized spacial score (nSPS) is 13.6. The van der Waals surface area contributed by atoms with Crippen LogP contribution in [0, 0.1) is 0 Å². The zero-order chi connectivity index (χ0) is 17.8. The minimum Gasteiger partial charge on any atom is -0.465 e. The lowest BCUT2D eigenvalue weighted by molar-refractivity contribution is 0.0600. The summed E-state index contributed by atoms with van der Waals surface area (Å²) in [6.07, 6.45) is 2.28. The van der Waals surface area contributed by atoms with Gasteiger partial charge in [-0.25, -0.2) is 4.79 Å². The molecule has 1 N–H and O–H groups in total. The summed E-state index contributed by atoms with van der Waals surface area (Å²) in [5.41, 5.74) is 0.764. The molecule has 1 aromatic heterocycles. The van der Waals surface area contributed by atoms with E-state index in [1.165, 1.54) is 25.3 Å². The van der Waals surface area contributed by atoms with Crippen LogP contribution in [0.2, 0.25) is 5.02 Å². The lowest BCUT2D eigenvalue weighted by Crippen LogP contribution is -2.21. The number of halogens is 1. The highest BCUT2D eigenvalue weighted by Gasteiger charge is 2.16. The third-order valence-electron chi connectivity index (χ3n) is 3.95. The average molecular weight is 361 g/mol. The Morgan fingerprint density at radius 1 is 1.16 bits per heavy atom. The fraction of sp³-hybridized carbons (Fsp3) is 0.294. The van der Waals surface area contributed by atoms with E-state index < -0.39 is 11.9 Å². The largest absolute Gasteiger partial charge is 0.465 e. The number of esters is 1. The average Bonchev–Trinajstić information content (AvgIpc) is 3.17. The van der Waals surface area contributed by atoms with Crippen LogP contribution >= 0.6 is 11.6 Å². The first-order chi connectivity index (χ1) is 12.1. The van der Waals surface area contributed by atoms with Crippen LogP contribution in [0.25, 0.3) is 0 Å². The molecule has 8 heteroatoms. The molecular weight excluding hydrogens is 344 g/mol. The maximum atomic E-state index is 12.3. The fourth-order valence-corrected chi connectivity index (χ4v) is 2.78. The van der Waals surface area contributed by atoms with Gasteiger partial charge in [-0.1, -0.05) is 11.6 Å². The molecule has 0 spiro atoms.